The molecule has 0 amide bonds. The molecule has 2 heterocycles. The molecule has 0 aliphatic carbocycles. The number of rotatable bonds is 2. The molecule has 0 aliphatic heterocycles. The molecule has 0 bridgehead atoms. The number of aromatic nitrogens is 1. The van der Waals surface area contributed by atoms with Crippen molar-refractivity contribution in [3.8, 4) is 11.3 Å². The Hall–Kier alpha value is -2.95. The molecular weight excluding hydrogens is 376 g/mol. The number of fused-ring (bicyclic) bond motifs is 2. The fraction of sp³-hybridized carbons (Fsp3) is 0. The van der Waals surface area contributed by atoms with Crippen LogP contribution in [0.3, 0.4) is 0 Å². The standard InChI is InChI=1S/C22H13ClN2OS/c23-15-10-11-19-16(12-15)18(13-20(26-19)14-6-2-1-3-7-14)25-22-24-17-8-4-5-9-21(17)27-22/h1-13H/p+1. The lowest BCUT2D eigenvalue weighted by atomic mass is 10.1. The molecule has 0 unspecified atom stereocenters. The van der Waals surface area contributed by atoms with Gasteiger partial charge in [0, 0.05) is 16.7 Å². The van der Waals surface area contributed by atoms with Crippen LogP contribution in [-0.4, -0.2) is 0 Å². The number of halogens is 1. The predicted molar refractivity (Wildman–Crippen MR) is 110 cm³/mol. The second kappa shape index (κ2) is 6.65. The lowest BCUT2D eigenvalue weighted by Gasteiger charge is -2.03. The minimum Gasteiger partial charge on any atom is -0.456 e. The molecule has 5 aromatic rings. The summed E-state index contributed by atoms with van der Waals surface area (Å²) in [5.41, 5.74) is 2.83. The van der Waals surface area contributed by atoms with Crippen LogP contribution in [0.2, 0.25) is 5.02 Å². The number of nitrogens with one attached hydrogen (secondary N) is 1. The van der Waals surface area contributed by atoms with Crippen LogP contribution < -0.4 is 10.3 Å². The number of para-hydroxylation sites is 1. The van der Waals surface area contributed by atoms with Gasteiger partial charge in [0.2, 0.25) is 0 Å². The summed E-state index contributed by atoms with van der Waals surface area (Å²) in [6.45, 7) is 0. The van der Waals surface area contributed by atoms with Crippen molar-refractivity contribution in [1.29, 1.82) is 0 Å². The molecule has 3 aromatic carbocycles. The predicted octanol–water partition coefficient (Wildman–Crippen LogP) is 6.01. The fourth-order valence-corrected chi connectivity index (χ4v) is 4.10. The van der Waals surface area contributed by atoms with Gasteiger partial charge in [0.15, 0.2) is 5.36 Å². The van der Waals surface area contributed by atoms with Gasteiger partial charge in [-0.3, -0.25) is 0 Å². The number of benzene rings is 3. The van der Waals surface area contributed by atoms with Gasteiger partial charge in [-0.05, 0) is 46.7 Å². The summed E-state index contributed by atoms with van der Waals surface area (Å²) in [7, 11) is 0. The summed E-state index contributed by atoms with van der Waals surface area (Å²) in [6, 6.07) is 25.8. The number of thiazole rings is 1. The van der Waals surface area contributed by atoms with E-state index < -0.39 is 0 Å². The molecule has 5 rings (SSSR count). The first-order valence-corrected chi connectivity index (χ1v) is 9.70. The van der Waals surface area contributed by atoms with E-state index in [4.69, 9.17) is 21.0 Å². The quantitative estimate of drug-likeness (QED) is 0.364. The highest BCUT2D eigenvalue weighted by atomic mass is 35.5. The van der Waals surface area contributed by atoms with Gasteiger partial charge in [0.1, 0.15) is 16.9 Å². The zero-order valence-electron chi connectivity index (χ0n) is 14.1. The Morgan fingerprint density at radius 3 is 2.56 bits per heavy atom. The maximum atomic E-state index is 6.23. The van der Waals surface area contributed by atoms with Gasteiger partial charge in [0.05, 0.1) is 10.1 Å². The van der Waals surface area contributed by atoms with Crippen molar-refractivity contribution in [2.45, 2.75) is 0 Å². The van der Waals surface area contributed by atoms with Crippen LogP contribution in [0.1, 0.15) is 0 Å². The van der Waals surface area contributed by atoms with E-state index in [1.54, 1.807) is 11.3 Å². The van der Waals surface area contributed by atoms with Crippen molar-refractivity contribution in [3.05, 3.63) is 89.2 Å². The molecule has 0 atom stereocenters. The third-order valence-electron chi connectivity index (χ3n) is 4.32. The van der Waals surface area contributed by atoms with Crippen molar-refractivity contribution in [2.75, 3.05) is 0 Å². The Kier molecular flexibility index (Phi) is 4.00. The average molecular weight is 390 g/mol. The minimum absolute atomic E-state index is 0.655. The van der Waals surface area contributed by atoms with Crippen LogP contribution in [0.25, 0.3) is 32.5 Å². The van der Waals surface area contributed by atoms with Crippen molar-refractivity contribution in [2.24, 2.45) is 4.99 Å². The van der Waals surface area contributed by atoms with Crippen molar-refractivity contribution in [3.63, 3.8) is 0 Å². The Morgan fingerprint density at radius 2 is 1.70 bits per heavy atom. The first-order valence-electron chi connectivity index (χ1n) is 8.51. The number of hydrogen-bond acceptors (Lipinski definition) is 3. The van der Waals surface area contributed by atoms with Gasteiger partial charge in [-0.15, -0.1) is 0 Å². The molecule has 5 heteroatoms. The maximum absolute atomic E-state index is 6.23. The molecule has 2 aromatic heterocycles. The maximum Gasteiger partial charge on any atom is 0.381 e. The van der Waals surface area contributed by atoms with Crippen LogP contribution in [-0.2, 0) is 0 Å². The second-order valence-corrected chi connectivity index (χ2v) is 7.61. The molecule has 27 heavy (non-hydrogen) atoms. The fourth-order valence-electron chi connectivity index (χ4n) is 3.04. The summed E-state index contributed by atoms with van der Waals surface area (Å²) in [5.74, 6) is 0.769. The highest BCUT2D eigenvalue weighted by molar-refractivity contribution is 7.21. The normalized spacial score (nSPS) is 12.1. The van der Waals surface area contributed by atoms with Gasteiger partial charge in [-0.25, -0.2) is 4.98 Å². The van der Waals surface area contributed by atoms with E-state index in [-0.39, 0.29) is 0 Å². The molecule has 130 valence electrons. The van der Waals surface area contributed by atoms with Crippen molar-refractivity contribution < 1.29 is 9.40 Å². The monoisotopic (exact) mass is 389 g/mol. The Balaban J connectivity index is 1.79. The van der Waals surface area contributed by atoms with Crippen LogP contribution in [0.15, 0.2) is 88.3 Å². The summed E-state index contributed by atoms with van der Waals surface area (Å²) in [4.78, 5) is 8.25. The van der Waals surface area contributed by atoms with Crippen LogP contribution in [0.4, 0.5) is 5.13 Å². The Labute approximate surface area is 164 Å². The third kappa shape index (κ3) is 3.14. The summed E-state index contributed by atoms with van der Waals surface area (Å²) in [6.07, 6.45) is 0. The zero-order chi connectivity index (χ0) is 18.2. The molecule has 3 nitrogen and oxygen atoms in total. The van der Waals surface area contributed by atoms with Crippen LogP contribution in [0, 0.1) is 0 Å². The van der Waals surface area contributed by atoms with E-state index in [9.17, 15) is 0 Å². The van der Waals surface area contributed by atoms with E-state index in [2.05, 4.69) is 17.1 Å². The summed E-state index contributed by atoms with van der Waals surface area (Å²) >= 11 is 7.85. The minimum atomic E-state index is 0.655. The first-order chi connectivity index (χ1) is 13.3. The smallest absolute Gasteiger partial charge is 0.381 e. The molecule has 1 N–H and O–H groups in total. The Morgan fingerprint density at radius 1 is 0.889 bits per heavy atom. The largest absolute Gasteiger partial charge is 0.456 e. The van der Waals surface area contributed by atoms with Gasteiger partial charge < -0.3 is 4.42 Å². The van der Waals surface area contributed by atoms with E-state index in [0.717, 1.165) is 38.3 Å². The van der Waals surface area contributed by atoms with Crippen LogP contribution in [0.5, 0.6) is 0 Å². The molecule has 0 aliphatic rings. The van der Waals surface area contributed by atoms with Crippen molar-refractivity contribution >= 4 is 49.3 Å². The van der Waals surface area contributed by atoms with Crippen LogP contribution >= 0.6 is 22.9 Å². The van der Waals surface area contributed by atoms with Gasteiger partial charge >= 0.3 is 5.13 Å². The number of hydrogen-bond donors (Lipinski definition) is 0. The second-order valence-electron chi connectivity index (χ2n) is 6.14. The lowest BCUT2D eigenvalue weighted by molar-refractivity contribution is -0.323. The lowest BCUT2D eigenvalue weighted by Crippen LogP contribution is -2.06. The molecule has 0 radical (unpaired) electrons. The summed E-state index contributed by atoms with van der Waals surface area (Å²) in [5, 5.41) is 3.19. The van der Waals surface area contributed by atoms with E-state index in [1.807, 2.05) is 66.7 Å². The summed E-state index contributed by atoms with van der Waals surface area (Å²) < 4.78 is 7.28. The van der Waals surface area contributed by atoms with E-state index in [1.165, 1.54) is 4.70 Å². The number of H-pyrrole nitrogens is 1. The van der Waals surface area contributed by atoms with Gasteiger partial charge in [-0.2, -0.15) is 0 Å². The van der Waals surface area contributed by atoms with Gasteiger partial charge in [0.25, 0.3) is 0 Å². The topological polar surface area (TPSA) is 39.6 Å². The molecule has 0 saturated heterocycles. The van der Waals surface area contributed by atoms with E-state index >= 15 is 0 Å². The zero-order valence-corrected chi connectivity index (χ0v) is 15.7. The van der Waals surface area contributed by atoms with Crippen molar-refractivity contribution in [1.82, 2.24) is 0 Å². The average Bonchev–Trinajstić information content (AvgIpc) is 3.11. The SMILES string of the molecule is Clc1ccc2oc(-c3ccccc3)cc(=Nc3[nH+]c4ccccc4s3)c2c1. The van der Waals surface area contributed by atoms with Gasteiger partial charge in [-0.1, -0.05) is 54.1 Å². The molecular formula is C22H14ClN2OS+. The van der Waals surface area contributed by atoms with E-state index in [0.29, 0.717) is 5.02 Å². The first kappa shape index (κ1) is 16.2. The highest BCUT2D eigenvalue weighted by Crippen LogP contribution is 2.26. The molecule has 0 saturated carbocycles. The number of aromatic amines is 1. The molecule has 0 spiro atoms. The number of nitrogens with zero attached hydrogens (tertiary/aromatic N) is 1. The highest BCUT2D eigenvalue weighted by Gasteiger charge is 2.13. The third-order valence-corrected chi connectivity index (χ3v) is 5.52. The Bertz CT molecular complexity index is 1310. The molecule has 0 fully saturated rings.